The van der Waals surface area contributed by atoms with Crippen molar-refractivity contribution in [3.05, 3.63) is 0 Å². The van der Waals surface area contributed by atoms with E-state index in [0.717, 1.165) is 0 Å². The van der Waals surface area contributed by atoms with Gasteiger partial charge in [0.2, 0.25) is 0 Å². The lowest BCUT2D eigenvalue weighted by atomic mass is 9.87. The molecule has 2 aliphatic heterocycles. The summed E-state index contributed by atoms with van der Waals surface area (Å²) in [7, 11) is 0. The number of carbonyl (C=O) groups is 1. The largest absolute Gasteiger partial charge is 0.388 e. The zero-order valence-corrected chi connectivity index (χ0v) is 6.58. The van der Waals surface area contributed by atoms with Gasteiger partial charge in [-0.15, -0.1) is 0 Å². The lowest BCUT2D eigenvalue weighted by Crippen LogP contribution is -2.56. The second-order valence-corrected chi connectivity index (χ2v) is 3.51. The smallest absolute Gasteiger partial charge is 0.317 e. The highest BCUT2D eigenvalue weighted by Gasteiger charge is 2.45. The van der Waals surface area contributed by atoms with Crippen molar-refractivity contribution in [1.29, 1.82) is 0 Å². The van der Waals surface area contributed by atoms with Gasteiger partial charge in [0.25, 0.3) is 0 Å². The molecule has 5 nitrogen and oxygen atoms in total. The SMILES string of the molecule is O=C1N[C@H]2CC[C@@](O)(N1)[C@@H](O)C2. The molecule has 0 aromatic heterocycles. The first-order chi connectivity index (χ1) is 5.60. The van der Waals surface area contributed by atoms with Crippen LogP contribution in [0.2, 0.25) is 0 Å². The third-order valence-electron chi connectivity index (χ3n) is 2.60. The maximum Gasteiger partial charge on any atom is 0.317 e. The third-order valence-corrected chi connectivity index (χ3v) is 2.60. The summed E-state index contributed by atoms with van der Waals surface area (Å²) in [6.07, 6.45) is 0.703. The molecule has 2 heterocycles. The molecule has 5 heteroatoms. The van der Waals surface area contributed by atoms with Gasteiger partial charge in [0, 0.05) is 6.04 Å². The minimum atomic E-state index is -1.41. The summed E-state index contributed by atoms with van der Waals surface area (Å²) < 4.78 is 0. The molecule has 68 valence electrons. The number of carbonyl (C=O) groups excluding carboxylic acids is 1. The molecular formula is C7H12N2O3. The Morgan fingerprint density at radius 1 is 1.58 bits per heavy atom. The average molecular weight is 172 g/mol. The summed E-state index contributed by atoms with van der Waals surface area (Å²) in [5.74, 6) is 0. The zero-order chi connectivity index (χ0) is 8.77. The van der Waals surface area contributed by atoms with Crippen molar-refractivity contribution in [2.75, 3.05) is 0 Å². The molecule has 12 heavy (non-hydrogen) atoms. The fourth-order valence-electron chi connectivity index (χ4n) is 1.84. The Morgan fingerprint density at radius 3 is 3.00 bits per heavy atom. The fraction of sp³-hybridized carbons (Fsp3) is 0.857. The molecule has 0 aromatic rings. The molecule has 2 amide bonds. The maximum atomic E-state index is 11.0. The van der Waals surface area contributed by atoms with E-state index in [0.29, 0.717) is 19.3 Å². The van der Waals surface area contributed by atoms with Gasteiger partial charge in [-0.2, -0.15) is 0 Å². The first kappa shape index (κ1) is 7.82. The van der Waals surface area contributed by atoms with Crippen LogP contribution in [-0.2, 0) is 0 Å². The van der Waals surface area contributed by atoms with Crippen LogP contribution >= 0.6 is 0 Å². The molecule has 1 aliphatic carbocycles. The normalized spacial score (nSPS) is 46.3. The Labute approximate surface area is 69.8 Å². The van der Waals surface area contributed by atoms with E-state index in [1.807, 2.05) is 0 Å². The van der Waals surface area contributed by atoms with E-state index in [1.165, 1.54) is 0 Å². The van der Waals surface area contributed by atoms with Crippen LogP contribution in [-0.4, -0.2) is 34.1 Å². The zero-order valence-electron chi connectivity index (χ0n) is 6.58. The van der Waals surface area contributed by atoms with Crippen molar-refractivity contribution in [1.82, 2.24) is 10.6 Å². The van der Waals surface area contributed by atoms with Crippen molar-refractivity contribution in [2.24, 2.45) is 0 Å². The Morgan fingerprint density at radius 2 is 2.33 bits per heavy atom. The molecule has 3 rings (SSSR count). The molecule has 0 unspecified atom stereocenters. The molecule has 4 N–H and O–H groups in total. The standard InChI is InChI=1S/C7H12N2O3/c10-5-3-4-1-2-7(5,12)9-6(11)8-4/h4-5,10,12H,1-3H2,(H2,8,9,11)/t4-,5-,7-/m0/s1. The first-order valence-electron chi connectivity index (χ1n) is 4.09. The van der Waals surface area contributed by atoms with Crippen molar-refractivity contribution in [3.63, 3.8) is 0 Å². The summed E-state index contributed by atoms with van der Waals surface area (Å²) in [6.45, 7) is 0. The van der Waals surface area contributed by atoms with E-state index < -0.39 is 17.9 Å². The number of aliphatic hydroxyl groups excluding tert-OH is 1. The van der Waals surface area contributed by atoms with Crippen LogP contribution in [0, 0.1) is 0 Å². The van der Waals surface area contributed by atoms with Gasteiger partial charge in [0.05, 0.1) is 0 Å². The topological polar surface area (TPSA) is 81.6 Å². The second-order valence-electron chi connectivity index (χ2n) is 3.51. The van der Waals surface area contributed by atoms with Gasteiger partial charge < -0.3 is 20.8 Å². The molecule has 3 aliphatic rings. The van der Waals surface area contributed by atoms with Crippen molar-refractivity contribution < 1.29 is 15.0 Å². The summed E-state index contributed by atoms with van der Waals surface area (Å²) in [5.41, 5.74) is -1.41. The molecule has 2 bridgehead atoms. The molecule has 0 spiro atoms. The van der Waals surface area contributed by atoms with E-state index in [1.54, 1.807) is 0 Å². The highest BCUT2D eigenvalue weighted by Crippen LogP contribution is 2.28. The van der Waals surface area contributed by atoms with Crippen LogP contribution in [0.4, 0.5) is 4.79 Å². The van der Waals surface area contributed by atoms with Gasteiger partial charge in [0.1, 0.15) is 6.10 Å². The molecule has 3 fully saturated rings. The molecule has 0 radical (unpaired) electrons. The highest BCUT2D eigenvalue weighted by molar-refractivity contribution is 5.75. The van der Waals surface area contributed by atoms with Gasteiger partial charge in [-0.05, 0) is 19.3 Å². The lowest BCUT2D eigenvalue weighted by molar-refractivity contribution is -0.110. The summed E-state index contributed by atoms with van der Waals surface area (Å²) in [6, 6.07) is -0.390. The summed E-state index contributed by atoms with van der Waals surface area (Å²) in [4.78, 5) is 11.0. The number of urea groups is 1. The minimum absolute atomic E-state index is 0.00257. The molecular weight excluding hydrogens is 160 g/mol. The van der Waals surface area contributed by atoms with Crippen molar-refractivity contribution in [2.45, 2.75) is 37.1 Å². The lowest BCUT2D eigenvalue weighted by Gasteiger charge is -2.35. The monoisotopic (exact) mass is 172 g/mol. The Hall–Kier alpha value is -0.810. The van der Waals surface area contributed by atoms with Crippen LogP contribution < -0.4 is 10.6 Å². The quantitative estimate of drug-likeness (QED) is 0.374. The Bertz CT molecular complexity index is 221. The molecule has 0 aromatic carbocycles. The minimum Gasteiger partial charge on any atom is -0.388 e. The van der Waals surface area contributed by atoms with E-state index in [9.17, 15) is 15.0 Å². The predicted octanol–water partition coefficient (Wildman–Crippen LogP) is -1.10. The van der Waals surface area contributed by atoms with E-state index in [4.69, 9.17) is 0 Å². The number of fused-ring (bicyclic) bond motifs is 4. The number of nitrogens with one attached hydrogen (secondary N) is 2. The van der Waals surface area contributed by atoms with Gasteiger partial charge in [-0.3, -0.25) is 0 Å². The van der Waals surface area contributed by atoms with E-state index in [-0.39, 0.29) is 6.04 Å². The van der Waals surface area contributed by atoms with Crippen LogP contribution in [0.1, 0.15) is 19.3 Å². The molecule has 3 atom stereocenters. The fourth-order valence-corrected chi connectivity index (χ4v) is 1.84. The first-order valence-corrected chi connectivity index (χ1v) is 4.09. The number of hydrogen-bond acceptors (Lipinski definition) is 3. The third kappa shape index (κ3) is 1.05. The second kappa shape index (κ2) is 2.34. The van der Waals surface area contributed by atoms with Gasteiger partial charge >= 0.3 is 6.03 Å². The van der Waals surface area contributed by atoms with Crippen LogP contribution in [0.5, 0.6) is 0 Å². The molecule has 2 saturated heterocycles. The number of rotatable bonds is 0. The predicted molar refractivity (Wildman–Crippen MR) is 40.3 cm³/mol. The molecule has 1 saturated carbocycles. The maximum absolute atomic E-state index is 11.0. The summed E-state index contributed by atoms with van der Waals surface area (Å²) in [5, 5.41) is 24.2. The van der Waals surface area contributed by atoms with Crippen LogP contribution in [0.3, 0.4) is 0 Å². The van der Waals surface area contributed by atoms with Crippen molar-refractivity contribution >= 4 is 6.03 Å². The summed E-state index contributed by atoms with van der Waals surface area (Å²) >= 11 is 0. The van der Waals surface area contributed by atoms with Gasteiger partial charge in [0.15, 0.2) is 5.72 Å². The van der Waals surface area contributed by atoms with Crippen LogP contribution in [0.15, 0.2) is 0 Å². The Balaban J connectivity index is 2.26. The number of hydrogen-bond donors (Lipinski definition) is 4. The van der Waals surface area contributed by atoms with Gasteiger partial charge in [-0.25, -0.2) is 4.79 Å². The van der Waals surface area contributed by atoms with Crippen LogP contribution in [0.25, 0.3) is 0 Å². The van der Waals surface area contributed by atoms with E-state index >= 15 is 0 Å². The average Bonchev–Trinajstić information content (AvgIpc) is 2.15. The van der Waals surface area contributed by atoms with E-state index in [2.05, 4.69) is 10.6 Å². The highest BCUT2D eigenvalue weighted by atomic mass is 16.4. The number of aliphatic hydroxyl groups is 2. The number of amides is 2. The Kier molecular flexibility index (Phi) is 1.52. The van der Waals surface area contributed by atoms with Gasteiger partial charge in [-0.1, -0.05) is 0 Å². The van der Waals surface area contributed by atoms with Crippen molar-refractivity contribution in [3.8, 4) is 0 Å².